The Labute approximate surface area is 65.0 Å². The molecule has 0 bridgehead atoms. The Balaban J connectivity index is 2.04. The molecule has 0 saturated carbocycles. The Hall–Kier alpha value is -0.900. The molecule has 1 N–H and O–H groups in total. The van der Waals surface area contributed by atoms with Crippen molar-refractivity contribution in [2.45, 2.75) is 18.8 Å². The maximum atomic E-state index is 4.69. The Morgan fingerprint density at radius 2 is 2.27 bits per heavy atom. The normalized spacial score (nSPS) is 20.4. The summed E-state index contributed by atoms with van der Waals surface area (Å²) in [5, 5.41) is 7.12. The number of hydrogen-bond donors (Lipinski definition) is 1. The Kier molecular flexibility index (Phi) is 1.85. The molecule has 0 unspecified atom stereocenters. The van der Waals surface area contributed by atoms with Crippen molar-refractivity contribution in [2.24, 2.45) is 0 Å². The first-order valence-corrected chi connectivity index (χ1v) is 3.94. The van der Waals surface area contributed by atoms with E-state index in [2.05, 4.69) is 20.0 Å². The smallest absolute Gasteiger partial charge is 0.213 e. The number of piperidine rings is 1. The SMILES string of the molecule is c1nc(C2CCNCC2)no1. The monoisotopic (exact) mass is 153 g/mol. The highest BCUT2D eigenvalue weighted by molar-refractivity contribution is 4.93. The van der Waals surface area contributed by atoms with E-state index in [1.807, 2.05) is 0 Å². The van der Waals surface area contributed by atoms with E-state index in [1.165, 1.54) is 6.39 Å². The summed E-state index contributed by atoms with van der Waals surface area (Å²) in [5.41, 5.74) is 0. The lowest BCUT2D eigenvalue weighted by atomic mass is 9.98. The number of rotatable bonds is 1. The van der Waals surface area contributed by atoms with Gasteiger partial charge in [-0.1, -0.05) is 5.16 Å². The number of aromatic nitrogens is 2. The first-order chi connectivity index (χ1) is 5.47. The molecule has 0 atom stereocenters. The van der Waals surface area contributed by atoms with Crippen LogP contribution in [0.25, 0.3) is 0 Å². The highest BCUT2D eigenvalue weighted by atomic mass is 16.5. The van der Waals surface area contributed by atoms with Crippen LogP contribution in [0.15, 0.2) is 10.9 Å². The molecule has 1 aliphatic heterocycles. The Morgan fingerprint density at radius 3 is 2.91 bits per heavy atom. The summed E-state index contributed by atoms with van der Waals surface area (Å²) in [4.78, 5) is 4.03. The topological polar surface area (TPSA) is 51.0 Å². The minimum atomic E-state index is 0.509. The van der Waals surface area contributed by atoms with E-state index in [9.17, 15) is 0 Å². The van der Waals surface area contributed by atoms with Gasteiger partial charge in [0.15, 0.2) is 5.82 Å². The van der Waals surface area contributed by atoms with Crippen molar-refractivity contribution in [2.75, 3.05) is 13.1 Å². The van der Waals surface area contributed by atoms with Crippen LogP contribution in [0.1, 0.15) is 24.6 Å². The van der Waals surface area contributed by atoms with Gasteiger partial charge in [-0.05, 0) is 25.9 Å². The van der Waals surface area contributed by atoms with Gasteiger partial charge in [0.2, 0.25) is 6.39 Å². The molecule has 1 aromatic rings. The van der Waals surface area contributed by atoms with Gasteiger partial charge in [0.25, 0.3) is 0 Å². The first kappa shape index (κ1) is 6.79. The second kappa shape index (κ2) is 3.00. The molecule has 1 fully saturated rings. The zero-order chi connectivity index (χ0) is 7.52. The van der Waals surface area contributed by atoms with Crippen LogP contribution in [0.4, 0.5) is 0 Å². The van der Waals surface area contributed by atoms with Gasteiger partial charge in [0, 0.05) is 5.92 Å². The van der Waals surface area contributed by atoms with Gasteiger partial charge in [-0.25, -0.2) is 0 Å². The van der Waals surface area contributed by atoms with Crippen LogP contribution in [0.5, 0.6) is 0 Å². The second-order valence-corrected chi connectivity index (χ2v) is 2.81. The molecule has 2 rings (SSSR count). The molecule has 0 radical (unpaired) electrons. The van der Waals surface area contributed by atoms with Crippen LogP contribution in [0, 0.1) is 0 Å². The molecule has 1 aromatic heterocycles. The van der Waals surface area contributed by atoms with Crippen LogP contribution >= 0.6 is 0 Å². The molecule has 0 aliphatic carbocycles. The second-order valence-electron chi connectivity index (χ2n) is 2.81. The number of hydrogen-bond acceptors (Lipinski definition) is 4. The molecule has 2 heterocycles. The predicted molar refractivity (Wildman–Crippen MR) is 39.1 cm³/mol. The number of nitrogens with one attached hydrogen (secondary N) is 1. The van der Waals surface area contributed by atoms with E-state index in [1.54, 1.807) is 0 Å². The third-order valence-electron chi connectivity index (χ3n) is 2.08. The van der Waals surface area contributed by atoms with Crippen molar-refractivity contribution in [1.82, 2.24) is 15.5 Å². The standard InChI is InChI=1S/C7H11N3O/c1-3-8-4-2-6(1)7-9-5-11-10-7/h5-6,8H,1-4H2. The summed E-state index contributed by atoms with van der Waals surface area (Å²) in [5.74, 6) is 1.38. The zero-order valence-electron chi connectivity index (χ0n) is 6.29. The fourth-order valence-electron chi connectivity index (χ4n) is 1.44. The molecule has 4 nitrogen and oxygen atoms in total. The lowest BCUT2D eigenvalue weighted by molar-refractivity contribution is 0.385. The van der Waals surface area contributed by atoms with Gasteiger partial charge in [-0.2, -0.15) is 4.98 Å². The van der Waals surface area contributed by atoms with Gasteiger partial charge < -0.3 is 9.84 Å². The lowest BCUT2D eigenvalue weighted by Crippen LogP contribution is -2.27. The maximum Gasteiger partial charge on any atom is 0.213 e. The third-order valence-corrected chi connectivity index (χ3v) is 2.08. The zero-order valence-corrected chi connectivity index (χ0v) is 6.29. The predicted octanol–water partition coefficient (Wildman–Crippen LogP) is 0.537. The molecule has 11 heavy (non-hydrogen) atoms. The van der Waals surface area contributed by atoms with Gasteiger partial charge in [0.05, 0.1) is 0 Å². The van der Waals surface area contributed by atoms with Crippen LogP contribution < -0.4 is 5.32 Å². The fourth-order valence-corrected chi connectivity index (χ4v) is 1.44. The minimum Gasteiger partial charge on any atom is -0.343 e. The molecule has 1 aliphatic rings. The van der Waals surface area contributed by atoms with Crippen molar-refractivity contribution < 1.29 is 4.52 Å². The highest BCUT2D eigenvalue weighted by Crippen LogP contribution is 2.20. The molecular weight excluding hydrogens is 142 g/mol. The van der Waals surface area contributed by atoms with E-state index < -0.39 is 0 Å². The van der Waals surface area contributed by atoms with Gasteiger partial charge in [-0.15, -0.1) is 0 Å². The summed E-state index contributed by atoms with van der Waals surface area (Å²) in [6.07, 6.45) is 3.65. The summed E-state index contributed by atoms with van der Waals surface area (Å²) < 4.78 is 4.69. The lowest BCUT2D eigenvalue weighted by Gasteiger charge is -2.18. The third kappa shape index (κ3) is 1.40. The van der Waals surface area contributed by atoms with Crippen molar-refractivity contribution in [1.29, 1.82) is 0 Å². The molecule has 4 heteroatoms. The van der Waals surface area contributed by atoms with Crippen molar-refractivity contribution in [3.63, 3.8) is 0 Å². The van der Waals surface area contributed by atoms with Crippen LogP contribution in [0.3, 0.4) is 0 Å². The van der Waals surface area contributed by atoms with Crippen molar-refractivity contribution in [3.05, 3.63) is 12.2 Å². The summed E-state index contributed by atoms with van der Waals surface area (Å²) in [7, 11) is 0. The van der Waals surface area contributed by atoms with Gasteiger partial charge in [-0.3, -0.25) is 0 Å². The van der Waals surface area contributed by atoms with Gasteiger partial charge in [0.1, 0.15) is 0 Å². The van der Waals surface area contributed by atoms with E-state index in [4.69, 9.17) is 0 Å². The molecular formula is C7H11N3O. The molecule has 0 spiro atoms. The van der Waals surface area contributed by atoms with Gasteiger partial charge >= 0.3 is 0 Å². The quantitative estimate of drug-likeness (QED) is 0.639. The molecule has 0 aromatic carbocycles. The van der Waals surface area contributed by atoms with E-state index in [-0.39, 0.29) is 0 Å². The van der Waals surface area contributed by atoms with E-state index in [0.717, 1.165) is 31.8 Å². The average Bonchev–Trinajstić information content (AvgIpc) is 2.58. The van der Waals surface area contributed by atoms with E-state index >= 15 is 0 Å². The summed E-state index contributed by atoms with van der Waals surface area (Å²) in [6, 6.07) is 0. The minimum absolute atomic E-state index is 0.509. The Morgan fingerprint density at radius 1 is 1.45 bits per heavy atom. The van der Waals surface area contributed by atoms with Crippen LogP contribution in [-0.4, -0.2) is 23.2 Å². The van der Waals surface area contributed by atoms with Crippen LogP contribution in [0.2, 0.25) is 0 Å². The fraction of sp³-hybridized carbons (Fsp3) is 0.714. The van der Waals surface area contributed by atoms with Crippen molar-refractivity contribution in [3.8, 4) is 0 Å². The summed E-state index contributed by atoms with van der Waals surface area (Å²) >= 11 is 0. The maximum absolute atomic E-state index is 4.69. The van der Waals surface area contributed by atoms with Crippen LogP contribution in [-0.2, 0) is 0 Å². The Bertz CT molecular complexity index is 203. The molecule has 0 amide bonds. The first-order valence-electron chi connectivity index (χ1n) is 3.94. The molecule has 1 saturated heterocycles. The van der Waals surface area contributed by atoms with Crippen molar-refractivity contribution >= 4 is 0 Å². The largest absolute Gasteiger partial charge is 0.343 e. The highest BCUT2D eigenvalue weighted by Gasteiger charge is 2.18. The summed E-state index contributed by atoms with van der Waals surface area (Å²) in [6.45, 7) is 2.14. The average molecular weight is 153 g/mol. The number of nitrogens with zero attached hydrogens (tertiary/aromatic N) is 2. The molecule has 60 valence electrons. The van der Waals surface area contributed by atoms with E-state index in [0.29, 0.717) is 5.92 Å².